The number of phenolic OH excluding ortho intramolecular Hbond substituents is 1. The number of aromatic hydroxyl groups is 1. The monoisotopic (exact) mass is 470 g/mol. The van der Waals surface area contributed by atoms with Gasteiger partial charge < -0.3 is 10.0 Å². The number of benzene rings is 2. The zero-order valence-corrected chi connectivity index (χ0v) is 18.7. The summed E-state index contributed by atoms with van der Waals surface area (Å²) in [7, 11) is 0. The van der Waals surface area contributed by atoms with Crippen LogP contribution in [0, 0.1) is 0 Å². The highest BCUT2D eigenvalue weighted by Crippen LogP contribution is 2.44. The van der Waals surface area contributed by atoms with E-state index in [4.69, 9.17) is 11.6 Å². The van der Waals surface area contributed by atoms with Crippen LogP contribution < -0.4 is 15.8 Å². The molecule has 0 aliphatic carbocycles. The number of hydrazine groups is 1. The largest absolute Gasteiger partial charge is 0.507 e. The molecule has 172 valence electrons. The van der Waals surface area contributed by atoms with Gasteiger partial charge in [-0.2, -0.15) is 0 Å². The molecule has 0 radical (unpaired) electrons. The molecule has 1 fully saturated rings. The maximum atomic E-state index is 13.2. The van der Waals surface area contributed by atoms with Crippen molar-refractivity contribution in [2.75, 3.05) is 11.4 Å². The molecular weight excluding hydrogens is 448 g/mol. The first-order valence-corrected chi connectivity index (χ1v) is 10.9. The van der Waals surface area contributed by atoms with Crippen LogP contribution in [0.25, 0.3) is 0 Å². The van der Waals surface area contributed by atoms with Crippen LogP contribution in [-0.4, -0.2) is 45.8 Å². The second-order valence-electron chi connectivity index (χ2n) is 8.19. The van der Waals surface area contributed by atoms with Gasteiger partial charge in [0.2, 0.25) is 11.8 Å². The Labute approximate surface area is 195 Å². The second-order valence-corrected chi connectivity index (χ2v) is 8.62. The molecule has 33 heavy (non-hydrogen) atoms. The van der Waals surface area contributed by atoms with Gasteiger partial charge in [0, 0.05) is 24.4 Å². The topological polar surface area (TPSA) is 119 Å². The van der Waals surface area contributed by atoms with Crippen LogP contribution in [0.1, 0.15) is 53.3 Å². The maximum Gasteiger partial charge on any atom is 0.273 e. The van der Waals surface area contributed by atoms with Crippen LogP contribution >= 0.6 is 11.6 Å². The third kappa shape index (κ3) is 4.11. The highest BCUT2D eigenvalue weighted by atomic mass is 35.5. The van der Waals surface area contributed by atoms with E-state index in [0.717, 1.165) is 0 Å². The summed E-state index contributed by atoms with van der Waals surface area (Å²) in [5, 5.41) is 10.0. The average molecular weight is 471 g/mol. The third-order valence-electron chi connectivity index (χ3n) is 6.05. The van der Waals surface area contributed by atoms with Crippen molar-refractivity contribution in [1.82, 2.24) is 15.8 Å². The molecule has 2 aliphatic heterocycles. The first-order valence-electron chi connectivity index (χ1n) is 10.5. The third-order valence-corrected chi connectivity index (χ3v) is 6.28. The van der Waals surface area contributed by atoms with E-state index in [9.17, 15) is 24.3 Å². The normalized spacial score (nSPS) is 19.2. The van der Waals surface area contributed by atoms with Crippen molar-refractivity contribution in [1.29, 1.82) is 0 Å². The Morgan fingerprint density at radius 1 is 1.15 bits per heavy atom. The minimum Gasteiger partial charge on any atom is -0.507 e. The summed E-state index contributed by atoms with van der Waals surface area (Å²) in [6, 6.07) is 11.0. The molecular formula is C23H23ClN4O5. The fourth-order valence-electron chi connectivity index (χ4n) is 4.39. The Hall–Kier alpha value is -3.59. The predicted molar refractivity (Wildman–Crippen MR) is 121 cm³/mol. The van der Waals surface area contributed by atoms with E-state index in [-0.39, 0.29) is 41.1 Å². The smallest absolute Gasteiger partial charge is 0.273 e. The Balaban J connectivity index is 1.37. The molecule has 0 spiro atoms. The quantitative estimate of drug-likeness (QED) is 0.580. The Morgan fingerprint density at radius 3 is 2.70 bits per heavy atom. The van der Waals surface area contributed by atoms with Gasteiger partial charge in [-0.1, -0.05) is 23.7 Å². The summed E-state index contributed by atoms with van der Waals surface area (Å²) in [4.78, 5) is 53.5. The average Bonchev–Trinajstić information content (AvgIpc) is 3.11. The number of halogens is 1. The molecule has 2 aromatic rings. The molecule has 0 bridgehead atoms. The minimum absolute atomic E-state index is 0.0350. The van der Waals surface area contributed by atoms with Gasteiger partial charge in [-0.25, -0.2) is 0 Å². The molecule has 1 saturated heterocycles. The highest BCUT2D eigenvalue weighted by Gasteiger charge is 2.52. The lowest BCUT2D eigenvalue weighted by molar-refractivity contribution is -0.122. The number of amides is 4. The van der Waals surface area contributed by atoms with E-state index >= 15 is 0 Å². The fourth-order valence-corrected chi connectivity index (χ4v) is 4.56. The number of nitrogens with one attached hydrogen (secondary N) is 2. The summed E-state index contributed by atoms with van der Waals surface area (Å²) in [5.41, 5.74) is 4.76. The van der Waals surface area contributed by atoms with Crippen LogP contribution in [0.2, 0.25) is 5.02 Å². The Morgan fingerprint density at radius 2 is 1.91 bits per heavy atom. The molecule has 9 nitrogen and oxygen atoms in total. The van der Waals surface area contributed by atoms with E-state index in [1.165, 1.54) is 18.2 Å². The summed E-state index contributed by atoms with van der Waals surface area (Å²) in [6.45, 7) is 2.13. The lowest BCUT2D eigenvalue weighted by Crippen LogP contribution is -2.62. The van der Waals surface area contributed by atoms with Crippen LogP contribution in [0.3, 0.4) is 0 Å². The number of fused-ring (bicyclic) bond motifs is 3. The minimum atomic E-state index is -0.780. The standard InChI is InChI=1S/C23H23ClN4O5/c1-23-11-10-20(31)28(23)17-6-3-2-5-15(17)22(33)27(23)12-4-7-19(30)25-26-21(32)16-13-14(24)8-9-18(16)29/h2-3,5-6,8-9,13,29H,4,7,10-12H2,1H3,(H,25,30)(H,26,32). The van der Waals surface area contributed by atoms with Crippen molar-refractivity contribution < 1.29 is 24.3 Å². The van der Waals surface area contributed by atoms with E-state index in [1.807, 2.05) is 6.92 Å². The number of para-hydroxylation sites is 1. The number of phenols is 1. The molecule has 2 aliphatic rings. The van der Waals surface area contributed by atoms with Gasteiger partial charge in [0.25, 0.3) is 11.8 Å². The zero-order valence-electron chi connectivity index (χ0n) is 17.9. The molecule has 2 aromatic carbocycles. The molecule has 0 saturated carbocycles. The second kappa shape index (κ2) is 8.74. The molecule has 1 atom stereocenters. The number of rotatable bonds is 5. The molecule has 0 aromatic heterocycles. The molecule has 4 amide bonds. The summed E-state index contributed by atoms with van der Waals surface area (Å²) in [5.74, 6) is -1.65. The van der Waals surface area contributed by atoms with Crippen LogP contribution in [0.5, 0.6) is 5.75 Å². The van der Waals surface area contributed by atoms with E-state index in [2.05, 4.69) is 10.9 Å². The lowest BCUT2D eigenvalue weighted by Gasteiger charge is -2.48. The van der Waals surface area contributed by atoms with Crippen molar-refractivity contribution in [3.8, 4) is 5.75 Å². The fraction of sp³-hybridized carbons (Fsp3) is 0.304. The van der Waals surface area contributed by atoms with Crippen molar-refractivity contribution in [2.45, 2.75) is 38.3 Å². The number of nitrogens with zero attached hydrogens (tertiary/aromatic N) is 2. The lowest BCUT2D eigenvalue weighted by atomic mass is 9.98. The number of carbonyl (C=O) groups excluding carboxylic acids is 4. The molecule has 10 heteroatoms. The molecule has 1 unspecified atom stereocenters. The van der Waals surface area contributed by atoms with E-state index < -0.39 is 17.5 Å². The number of hydrogen-bond acceptors (Lipinski definition) is 5. The van der Waals surface area contributed by atoms with Gasteiger partial charge in [-0.05, 0) is 50.1 Å². The first kappa shape index (κ1) is 22.6. The van der Waals surface area contributed by atoms with Gasteiger partial charge in [-0.15, -0.1) is 0 Å². The summed E-state index contributed by atoms with van der Waals surface area (Å²) < 4.78 is 0. The van der Waals surface area contributed by atoms with Crippen LogP contribution in [-0.2, 0) is 9.59 Å². The predicted octanol–water partition coefficient (Wildman–Crippen LogP) is 2.59. The van der Waals surface area contributed by atoms with E-state index in [1.54, 1.807) is 34.1 Å². The van der Waals surface area contributed by atoms with Crippen molar-refractivity contribution in [3.05, 3.63) is 58.6 Å². The molecule has 4 rings (SSSR count). The Kier molecular flexibility index (Phi) is 5.99. The van der Waals surface area contributed by atoms with Gasteiger partial charge >= 0.3 is 0 Å². The van der Waals surface area contributed by atoms with Crippen LogP contribution in [0.15, 0.2) is 42.5 Å². The van der Waals surface area contributed by atoms with Crippen molar-refractivity contribution >= 4 is 40.9 Å². The van der Waals surface area contributed by atoms with Crippen molar-refractivity contribution in [3.63, 3.8) is 0 Å². The Bertz CT molecular complexity index is 1150. The molecule has 2 heterocycles. The van der Waals surface area contributed by atoms with Gasteiger partial charge in [0.1, 0.15) is 11.4 Å². The highest BCUT2D eigenvalue weighted by molar-refractivity contribution is 6.31. The van der Waals surface area contributed by atoms with Gasteiger partial charge in [0.15, 0.2) is 0 Å². The van der Waals surface area contributed by atoms with Gasteiger partial charge in [0.05, 0.1) is 16.8 Å². The first-order chi connectivity index (χ1) is 15.7. The van der Waals surface area contributed by atoms with E-state index in [0.29, 0.717) is 30.5 Å². The molecule has 3 N–H and O–H groups in total. The zero-order chi connectivity index (χ0) is 23.8. The van der Waals surface area contributed by atoms with Crippen LogP contribution in [0.4, 0.5) is 5.69 Å². The SMILES string of the molecule is CC12CCC(=O)N1c1ccccc1C(=O)N2CCCC(=O)NNC(=O)c1cc(Cl)ccc1O. The van der Waals surface area contributed by atoms with Crippen molar-refractivity contribution in [2.24, 2.45) is 0 Å². The number of anilines is 1. The summed E-state index contributed by atoms with van der Waals surface area (Å²) in [6.07, 6.45) is 1.22. The van der Waals surface area contributed by atoms with Gasteiger partial charge in [-0.3, -0.25) is 34.9 Å². The number of hydrogen-bond donors (Lipinski definition) is 3. The summed E-state index contributed by atoms with van der Waals surface area (Å²) >= 11 is 5.83. The number of carbonyl (C=O) groups is 4. The maximum absolute atomic E-state index is 13.2.